The zero-order valence-corrected chi connectivity index (χ0v) is 16.4. The van der Waals surface area contributed by atoms with Crippen LogP contribution in [0, 0.1) is 0 Å². The number of hydrogen-bond donors (Lipinski definition) is 0. The first kappa shape index (κ1) is 18.9. The lowest BCUT2D eigenvalue weighted by Crippen LogP contribution is -2.44. The van der Waals surface area contributed by atoms with Crippen molar-refractivity contribution in [1.29, 1.82) is 0 Å². The van der Waals surface area contributed by atoms with Crippen molar-refractivity contribution in [2.45, 2.75) is 25.7 Å². The molecule has 1 fully saturated rings. The van der Waals surface area contributed by atoms with Crippen LogP contribution in [0.1, 0.15) is 31.4 Å². The molecule has 0 spiro atoms. The highest BCUT2D eigenvalue weighted by atomic mass is 16.5. The minimum atomic E-state index is 0.00120. The molecule has 2 aromatic rings. The van der Waals surface area contributed by atoms with Gasteiger partial charge in [-0.1, -0.05) is 56.3 Å². The molecule has 0 saturated carbocycles. The van der Waals surface area contributed by atoms with E-state index >= 15 is 0 Å². The molecule has 0 amide bonds. The largest absolute Gasteiger partial charge is 0.494 e. The average Bonchev–Trinajstić information content (AvgIpc) is 2.68. The highest BCUT2D eigenvalue weighted by Crippen LogP contribution is 2.32. The molecule has 1 aliphatic rings. The fourth-order valence-electron chi connectivity index (χ4n) is 3.54. The molecule has 3 rings (SSSR count). The van der Waals surface area contributed by atoms with Gasteiger partial charge in [-0.05, 0) is 36.7 Å². The number of nitrogens with zero attached hydrogens (tertiary/aromatic N) is 2. The second-order valence-corrected chi connectivity index (χ2v) is 7.86. The fraction of sp³-hybridized carbons (Fsp3) is 0.478. The summed E-state index contributed by atoms with van der Waals surface area (Å²) in [6.45, 7) is 11.2. The Balaban J connectivity index is 1.47. The van der Waals surface area contributed by atoms with Gasteiger partial charge in [0.05, 0.1) is 6.61 Å². The van der Waals surface area contributed by atoms with Crippen LogP contribution >= 0.6 is 0 Å². The number of likely N-dealkylation sites (N-methyl/N-ethyl adjacent to an activating group) is 1. The number of rotatable bonds is 7. The van der Waals surface area contributed by atoms with Crippen LogP contribution in [-0.2, 0) is 5.41 Å². The predicted octanol–water partition coefficient (Wildman–Crippen LogP) is 4.03. The maximum atomic E-state index is 5.95. The van der Waals surface area contributed by atoms with Crippen molar-refractivity contribution in [3.8, 4) is 5.75 Å². The van der Waals surface area contributed by atoms with Gasteiger partial charge in [-0.2, -0.15) is 0 Å². The molecule has 0 unspecified atom stereocenters. The summed E-state index contributed by atoms with van der Waals surface area (Å²) >= 11 is 0. The van der Waals surface area contributed by atoms with E-state index in [0.717, 1.165) is 25.3 Å². The van der Waals surface area contributed by atoms with Crippen molar-refractivity contribution < 1.29 is 4.74 Å². The van der Waals surface area contributed by atoms with E-state index in [-0.39, 0.29) is 5.41 Å². The standard InChI is InChI=1S/C23H32N2O/c1-23(2,20-8-5-4-6-9-20)21-10-12-22(13-11-21)26-19-7-14-25-17-15-24(3)16-18-25/h4-6,8-13H,7,14-19H2,1-3H3. The Bertz CT molecular complexity index is 658. The van der Waals surface area contributed by atoms with Crippen molar-refractivity contribution in [2.75, 3.05) is 46.4 Å². The quantitative estimate of drug-likeness (QED) is 0.700. The average molecular weight is 353 g/mol. The second-order valence-electron chi connectivity index (χ2n) is 7.86. The molecule has 1 heterocycles. The molecule has 26 heavy (non-hydrogen) atoms. The lowest BCUT2D eigenvalue weighted by Gasteiger charge is -2.32. The molecular formula is C23H32N2O. The van der Waals surface area contributed by atoms with Crippen LogP contribution < -0.4 is 4.74 Å². The summed E-state index contributed by atoms with van der Waals surface area (Å²) in [5.74, 6) is 0.969. The maximum absolute atomic E-state index is 5.95. The van der Waals surface area contributed by atoms with Crippen molar-refractivity contribution in [3.63, 3.8) is 0 Å². The summed E-state index contributed by atoms with van der Waals surface area (Å²) in [5.41, 5.74) is 2.65. The summed E-state index contributed by atoms with van der Waals surface area (Å²) in [5, 5.41) is 0. The minimum absolute atomic E-state index is 0.00120. The molecule has 3 nitrogen and oxygen atoms in total. The van der Waals surface area contributed by atoms with Crippen LogP contribution in [-0.4, -0.2) is 56.2 Å². The van der Waals surface area contributed by atoms with Crippen LogP contribution in [0.5, 0.6) is 5.75 Å². The van der Waals surface area contributed by atoms with E-state index in [1.807, 2.05) is 0 Å². The molecule has 0 aromatic heterocycles. The number of benzene rings is 2. The van der Waals surface area contributed by atoms with Crippen LogP contribution in [0.15, 0.2) is 54.6 Å². The van der Waals surface area contributed by atoms with E-state index in [2.05, 4.69) is 85.3 Å². The van der Waals surface area contributed by atoms with E-state index in [4.69, 9.17) is 4.74 Å². The monoisotopic (exact) mass is 352 g/mol. The van der Waals surface area contributed by atoms with Gasteiger partial charge in [-0.25, -0.2) is 0 Å². The highest BCUT2D eigenvalue weighted by Gasteiger charge is 2.22. The van der Waals surface area contributed by atoms with E-state index in [0.29, 0.717) is 0 Å². The molecule has 0 bridgehead atoms. The Kier molecular flexibility index (Phi) is 6.33. The lowest BCUT2D eigenvalue weighted by molar-refractivity contribution is 0.145. The summed E-state index contributed by atoms with van der Waals surface area (Å²) in [7, 11) is 2.20. The Morgan fingerprint density at radius 2 is 1.46 bits per heavy atom. The Morgan fingerprint density at radius 1 is 0.846 bits per heavy atom. The SMILES string of the molecule is CN1CCN(CCCOc2ccc(C(C)(C)c3ccccc3)cc2)CC1. The van der Waals surface area contributed by atoms with Gasteiger partial charge < -0.3 is 14.5 Å². The van der Waals surface area contributed by atoms with Gasteiger partial charge in [-0.3, -0.25) is 0 Å². The number of hydrogen-bond acceptors (Lipinski definition) is 3. The third kappa shape index (κ3) is 4.87. The zero-order chi connectivity index (χ0) is 18.4. The normalized spacial score (nSPS) is 16.6. The molecule has 3 heteroatoms. The number of ether oxygens (including phenoxy) is 1. The van der Waals surface area contributed by atoms with Crippen LogP contribution in [0.25, 0.3) is 0 Å². The van der Waals surface area contributed by atoms with Crippen LogP contribution in [0.3, 0.4) is 0 Å². The smallest absolute Gasteiger partial charge is 0.119 e. The van der Waals surface area contributed by atoms with Gasteiger partial charge in [-0.15, -0.1) is 0 Å². The molecule has 0 radical (unpaired) electrons. The highest BCUT2D eigenvalue weighted by molar-refractivity contribution is 5.39. The predicted molar refractivity (Wildman–Crippen MR) is 109 cm³/mol. The molecule has 140 valence electrons. The second kappa shape index (κ2) is 8.70. The van der Waals surface area contributed by atoms with Gasteiger partial charge in [0, 0.05) is 38.1 Å². The summed E-state index contributed by atoms with van der Waals surface area (Å²) in [6.07, 6.45) is 1.08. The molecule has 1 saturated heterocycles. The van der Waals surface area contributed by atoms with Gasteiger partial charge in [0.1, 0.15) is 5.75 Å². The van der Waals surface area contributed by atoms with E-state index in [1.54, 1.807) is 0 Å². The first-order valence-corrected chi connectivity index (χ1v) is 9.75. The Morgan fingerprint density at radius 3 is 2.12 bits per heavy atom. The lowest BCUT2D eigenvalue weighted by atomic mass is 9.78. The Hall–Kier alpha value is -1.84. The third-order valence-electron chi connectivity index (χ3n) is 5.55. The van der Waals surface area contributed by atoms with Crippen molar-refractivity contribution in [2.24, 2.45) is 0 Å². The Labute approximate surface area is 158 Å². The molecule has 2 aromatic carbocycles. The van der Waals surface area contributed by atoms with Gasteiger partial charge >= 0.3 is 0 Å². The van der Waals surface area contributed by atoms with E-state index in [9.17, 15) is 0 Å². The third-order valence-corrected chi connectivity index (χ3v) is 5.55. The van der Waals surface area contributed by atoms with Crippen LogP contribution in [0.4, 0.5) is 0 Å². The summed E-state index contributed by atoms with van der Waals surface area (Å²) in [6, 6.07) is 19.3. The summed E-state index contributed by atoms with van der Waals surface area (Å²) in [4.78, 5) is 4.93. The van der Waals surface area contributed by atoms with Crippen molar-refractivity contribution in [1.82, 2.24) is 9.80 Å². The molecule has 1 aliphatic heterocycles. The molecular weight excluding hydrogens is 320 g/mol. The van der Waals surface area contributed by atoms with Crippen molar-refractivity contribution >= 4 is 0 Å². The minimum Gasteiger partial charge on any atom is -0.494 e. The zero-order valence-electron chi connectivity index (χ0n) is 16.4. The fourth-order valence-corrected chi connectivity index (χ4v) is 3.54. The summed E-state index contributed by atoms with van der Waals surface area (Å²) < 4.78 is 5.95. The molecule has 0 aliphatic carbocycles. The van der Waals surface area contributed by atoms with E-state index in [1.165, 1.54) is 37.3 Å². The van der Waals surface area contributed by atoms with Crippen LogP contribution in [0.2, 0.25) is 0 Å². The number of piperazine rings is 1. The first-order chi connectivity index (χ1) is 12.6. The van der Waals surface area contributed by atoms with Gasteiger partial charge in [0.2, 0.25) is 0 Å². The van der Waals surface area contributed by atoms with Gasteiger partial charge in [0.15, 0.2) is 0 Å². The molecule has 0 N–H and O–H groups in total. The van der Waals surface area contributed by atoms with Gasteiger partial charge in [0.25, 0.3) is 0 Å². The van der Waals surface area contributed by atoms with Crippen molar-refractivity contribution in [3.05, 3.63) is 65.7 Å². The first-order valence-electron chi connectivity index (χ1n) is 9.75. The maximum Gasteiger partial charge on any atom is 0.119 e. The topological polar surface area (TPSA) is 15.7 Å². The van der Waals surface area contributed by atoms with E-state index < -0.39 is 0 Å². The molecule has 0 atom stereocenters.